The number of carbonyl (C=O) groups excluding carboxylic acids is 2. The molecule has 0 saturated heterocycles. The van der Waals surface area contributed by atoms with Crippen molar-refractivity contribution < 1.29 is 14.0 Å². The Morgan fingerprint density at radius 3 is 2.46 bits per heavy atom. The van der Waals surface area contributed by atoms with Crippen molar-refractivity contribution in [2.24, 2.45) is 5.41 Å². The molecule has 4 nitrogen and oxygen atoms in total. The van der Waals surface area contributed by atoms with E-state index in [0.29, 0.717) is 21.8 Å². The fourth-order valence-corrected chi connectivity index (χ4v) is 3.28. The molecule has 0 saturated carbocycles. The average molecular weight is 375 g/mol. The minimum absolute atomic E-state index is 0.0928. The van der Waals surface area contributed by atoms with Crippen LogP contribution in [0.15, 0.2) is 42.5 Å². The molecule has 0 fully saturated rings. The summed E-state index contributed by atoms with van der Waals surface area (Å²) < 4.78 is 13.4. The van der Waals surface area contributed by atoms with Crippen LogP contribution in [0.3, 0.4) is 0 Å². The molecule has 0 aliphatic carbocycles. The summed E-state index contributed by atoms with van der Waals surface area (Å²) in [6, 6.07) is 10.5. The smallest absolute Gasteiger partial charge is 0.244 e. The second-order valence-corrected chi connectivity index (χ2v) is 7.85. The zero-order chi connectivity index (χ0) is 19.1. The van der Waals surface area contributed by atoms with Gasteiger partial charge in [0, 0.05) is 21.7 Å². The number of hydrogen-bond donors (Lipinski definition) is 1. The van der Waals surface area contributed by atoms with Gasteiger partial charge in [-0.15, -0.1) is 0 Å². The Balaban J connectivity index is 2.22. The van der Waals surface area contributed by atoms with Crippen molar-refractivity contribution in [3.63, 3.8) is 0 Å². The first-order valence-corrected chi connectivity index (χ1v) is 8.70. The molecule has 0 aromatic heterocycles. The number of benzene rings is 2. The van der Waals surface area contributed by atoms with Gasteiger partial charge in [0.05, 0.1) is 6.04 Å². The van der Waals surface area contributed by atoms with Gasteiger partial charge in [-0.3, -0.25) is 9.59 Å². The maximum Gasteiger partial charge on any atom is 0.244 e. The molecule has 0 bridgehead atoms. The minimum Gasteiger partial charge on any atom is -0.324 e. The van der Waals surface area contributed by atoms with Crippen molar-refractivity contribution in [2.45, 2.75) is 26.8 Å². The van der Waals surface area contributed by atoms with E-state index in [0.717, 1.165) is 0 Å². The molecule has 6 heteroatoms. The molecule has 1 N–H and O–H groups in total. The zero-order valence-corrected chi connectivity index (χ0v) is 15.6. The standard InChI is InChI=1S/C20H20ClFN2O2/c1-20(2,3)19(26)24-11-17(25)23-16-9-6-13(21)10-15(16)18(24)12-4-7-14(22)8-5-12/h4-10,18H,11H2,1-3H3,(H,23,25)/t18-/m0/s1. The van der Waals surface area contributed by atoms with Crippen LogP contribution in [0.4, 0.5) is 10.1 Å². The normalized spacial score (nSPS) is 17.3. The van der Waals surface area contributed by atoms with Crippen molar-refractivity contribution >= 4 is 29.1 Å². The Kier molecular flexibility index (Phi) is 4.76. The Labute approximate surface area is 157 Å². The molecule has 0 radical (unpaired) electrons. The van der Waals surface area contributed by atoms with Crippen molar-refractivity contribution in [1.29, 1.82) is 0 Å². The van der Waals surface area contributed by atoms with E-state index in [4.69, 9.17) is 11.6 Å². The van der Waals surface area contributed by atoms with Gasteiger partial charge in [0.25, 0.3) is 0 Å². The number of carbonyl (C=O) groups is 2. The van der Waals surface area contributed by atoms with E-state index >= 15 is 0 Å². The maximum atomic E-state index is 13.4. The fraction of sp³-hybridized carbons (Fsp3) is 0.300. The molecular formula is C20H20ClFN2O2. The zero-order valence-electron chi connectivity index (χ0n) is 14.8. The molecule has 1 atom stereocenters. The van der Waals surface area contributed by atoms with Gasteiger partial charge in [-0.1, -0.05) is 44.5 Å². The number of halogens is 2. The van der Waals surface area contributed by atoms with E-state index in [2.05, 4.69) is 5.32 Å². The molecule has 26 heavy (non-hydrogen) atoms. The molecular weight excluding hydrogens is 355 g/mol. The van der Waals surface area contributed by atoms with Crippen LogP contribution in [0.5, 0.6) is 0 Å². The van der Waals surface area contributed by atoms with E-state index in [9.17, 15) is 14.0 Å². The molecule has 1 aliphatic rings. The van der Waals surface area contributed by atoms with Gasteiger partial charge >= 0.3 is 0 Å². The van der Waals surface area contributed by atoms with Gasteiger partial charge in [-0.25, -0.2) is 4.39 Å². The predicted molar refractivity (Wildman–Crippen MR) is 99.5 cm³/mol. The van der Waals surface area contributed by atoms with Crippen LogP contribution in [0.2, 0.25) is 5.02 Å². The number of anilines is 1. The lowest BCUT2D eigenvalue weighted by Gasteiger charge is -2.35. The maximum absolute atomic E-state index is 13.4. The van der Waals surface area contributed by atoms with E-state index in [-0.39, 0.29) is 24.2 Å². The molecule has 2 aromatic carbocycles. The summed E-state index contributed by atoms with van der Waals surface area (Å²) in [4.78, 5) is 27.0. The molecule has 2 amide bonds. The summed E-state index contributed by atoms with van der Waals surface area (Å²) in [6.07, 6.45) is 0. The third-order valence-corrected chi connectivity index (χ3v) is 4.53. The molecule has 1 heterocycles. The average Bonchev–Trinajstić information content (AvgIpc) is 2.70. The van der Waals surface area contributed by atoms with Crippen LogP contribution in [0.1, 0.15) is 37.9 Å². The van der Waals surface area contributed by atoms with E-state index < -0.39 is 11.5 Å². The number of amides is 2. The third kappa shape index (κ3) is 3.58. The highest BCUT2D eigenvalue weighted by molar-refractivity contribution is 6.30. The molecule has 0 spiro atoms. The lowest BCUT2D eigenvalue weighted by molar-refractivity contribution is -0.143. The summed E-state index contributed by atoms with van der Waals surface area (Å²) in [6.45, 7) is 5.32. The topological polar surface area (TPSA) is 49.4 Å². The molecule has 136 valence electrons. The lowest BCUT2D eigenvalue weighted by atomic mass is 9.90. The Bertz CT molecular complexity index is 859. The van der Waals surface area contributed by atoms with Gasteiger partial charge in [0.2, 0.25) is 11.8 Å². The number of nitrogens with one attached hydrogen (secondary N) is 1. The van der Waals surface area contributed by atoms with Gasteiger partial charge in [0.1, 0.15) is 12.4 Å². The monoisotopic (exact) mass is 374 g/mol. The van der Waals surface area contributed by atoms with E-state index in [1.54, 1.807) is 51.1 Å². The lowest BCUT2D eigenvalue weighted by Crippen LogP contribution is -2.44. The van der Waals surface area contributed by atoms with Crippen molar-refractivity contribution in [1.82, 2.24) is 4.90 Å². The highest BCUT2D eigenvalue weighted by Gasteiger charge is 2.37. The molecule has 3 rings (SSSR count). The Morgan fingerprint density at radius 2 is 1.85 bits per heavy atom. The van der Waals surface area contributed by atoms with Crippen LogP contribution in [-0.4, -0.2) is 23.3 Å². The highest BCUT2D eigenvalue weighted by Crippen LogP contribution is 2.39. The Hall–Kier alpha value is -2.40. The Morgan fingerprint density at radius 1 is 1.19 bits per heavy atom. The number of fused-ring (bicyclic) bond motifs is 1. The molecule has 1 aliphatic heterocycles. The SMILES string of the molecule is CC(C)(C)C(=O)N1CC(=O)Nc2ccc(Cl)cc2[C@@H]1c1ccc(F)cc1. The second kappa shape index (κ2) is 6.72. The first-order chi connectivity index (χ1) is 12.2. The van der Waals surface area contributed by atoms with Crippen LogP contribution in [-0.2, 0) is 9.59 Å². The van der Waals surface area contributed by atoms with Gasteiger partial charge in [-0.05, 0) is 35.9 Å². The first kappa shape index (κ1) is 18.4. The second-order valence-electron chi connectivity index (χ2n) is 7.42. The van der Waals surface area contributed by atoms with Gasteiger partial charge in [-0.2, -0.15) is 0 Å². The summed E-state index contributed by atoms with van der Waals surface area (Å²) in [5.74, 6) is -0.817. The van der Waals surface area contributed by atoms with E-state index in [1.807, 2.05) is 0 Å². The third-order valence-electron chi connectivity index (χ3n) is 4.30. The van der Waals surface area contributed by atoms with Crippen molar-refractivity contribution in [3.8, 4) is 0 Å². The molecule has 2 aromatic rings. The largest absolute Gasteiger partial charge is 0.324 e. The predicted octanol–water partition coefficient (Wildman–Crippen LogP) is 4.40. The van der Waals surface area contributed by atoms with Crippen molar-refractivity contribution in [2.75, 3.05) is 11.9 Å². The quantitative estimate of drug-likeness (QED) is 0.804. The van der Waals surface area contributed by atoms with Crippen LogP contribution >= 0.6 is 11.6 Å². The minimum atomic E-state index is -0.679. The molecule has 0 unspecified atom stereocenters. The van der Waals surface area contributed by atoms with Gasteiger partial charge < -0.3 is 10.2 Å². The number of nitrogens with zero attached hydrogens (tertiary/aromatic N) is 1. The number of hydrogen-bond acceptors (Lipinski definition) is 2. The summed E-state index contributed by atoms with van der Waals surface area (Å²) in [5.41, 5.74) is 1.33. The number of rotatable bonds is 1. The first-order valence-electron chi connectivity index (χ1n) is 8.32. The van der Waals surface area contributed by atoms with Crippen molar-refractivity contribution in [3.05, 3.63) is 64.4 Å². The summed E-state index contributed by atoms with van der Waals surface area (Å²) in [7, 11) is 0. The summed E-state index contributed by atoms with van der Waals surface area (Å²) >= 11 is 6.19. The fourth-order valence-electron chi connectivity index (χ4n) is 3.10. The highest BCUT2D eigenvalue weighted by atomic mass is 35.5. The van der Waals surface area contributed by atoms with E-state index in [1.165, 1.54) is 17.0 Å². The van der Waals surface area contributed by atoms with Crippen LogP contribution in [0.25, 0.3) is 0 Å². The van der Waals surface area contributed by atoms with Crippen LogP contribution in [0, 0.1) is 11.2 Å². The summed E-state index contributed by atoms with van der Waals surface area (Å²) in [5, 5.41) is 3.33. The van der Waals surface area contributed by atoms with Gasteiger partial charge in [0.15, 0.2) is 0 Å². The van der Waals surface area contributed by atoms with Crippen LogP contribution < -0.4 is 5.32 Å².